The normalized spacial score (nSPS) is 34.0. The van der Waals surface area contributed by atoms with Crippen LogP contribution in [0.15, 0.2) is 54.6 Å². The first-order valence-corrected chi connectivity index (χ1v) is 32.1. The highest BCUT2D eigenvalue weighted by Crippen LogP contribution is 2.65. The van der Waals surface area contributed by atoms with Crippen LogP contribution in [0.25, 0.3) is 0 Å². The lowest BCUT2D eigenvalue weighted by Gasteiger charge is -2.50. The average Bonchev–Trinajstić information content (AvgIpc) is 3.56. The van der Waals surface area contributed by atoms with Crippen LogP contribution in [-0.4, -0.2) is 71.9 Å². The molecule has 450 valence electrons. The molecule has 0 bridgehead atoms. The van der Waals surface area contributed by atoms with Crippen molar-refractivity contribution in [3.05, 3.63) is 88.0 Å². The van der Waals surface area contributed by atoms with E-state index in [1.165, 1.54) is 39.8 Å². The van der Waals surface area contributed by atoms with Gasteiger partial charge in [-0.1, -0.05) is 58.2 Å². The number of fused-ring (bicyclic) bond motifs is 15. The van der Waals surface area contributed by atoms with E-state index < -0.39 is 17.9 Å². The molecule has 12 heteroatoms. The maximum Gasteiger partial charge on any atom is 0.303 e. The molecule has 15 atom stereocenters. The van der Waals surface area contributed by atoms with Gasteiger partial charge in [0, 0.05) is 54.8 Å². The third-order valence-electron chi connectivity index (χ3n) is 23.7. The fourth-order valence-corrected chi connectivity index (χ4v) is 19.9. The number of aliphatic carboxylic acids is 3. The van der Waals surface area contributed by atoms with Crippen LogP contribution < -0.4 is 14.2 Å². The molecule has 0 unspecified atom stereocenters. The summed E-state index contributed by atoms with van der Waals surface area (Å²) in [5, 5.41) is 26.8. The van der Waals surface area contributed by atoms with E-state index in [0.717, 1.165) is 139 Å². The zero-order valence-electron chi connectivity index (χ0n) is 50.5. The number of carbonyl (C=O) groups excluding carboxylic acids is 3. The molecule has 12 nitrogen and oxygen atoms in total. The lowest BCUT2D eigenvalue weighted by Crippen LogP contribution is -2.44. The number of Topliss-reactive ketones (excluding diaryl/α,β-unsaturated/α-hetero) is 3. The number of rotatable bonds is 17. The Hall–Kier alpha value is -5.52. The van der Waals surface area contributed by atoms with Crippen molar-refractivity contribution in [3.8, 4) is 17.2 Å². The molecule has 0 radical (unpaired) electrons. The standard InChI is InChI=1S/C25H34O4.C24H32O4.C22H28O4/c1-25-13-12-20-19-11-9-18(29-2)14-16(19)8-10-21(20)24(25)17(15-22(25)26)6-4-3-5-7-23(27)28;1-24-12-11-19-18-10-8-17(28-2)13-15(18)7-9-20(19)23(24)16(14-21(24)25)5-3-4-6-22(26)27;1-22-10-9-17-16-7-5-15(26-2)11-13(16)3-6-18(17)21(22)14(12-19(22)23)4-8-20(24)25/h9,11,14,17,20-21,24H,3-8,10,12-13,15H2,1-2H3,(H,27,28);8,10,13,16,19-20,23H,3-7,9,11-12,14H2,1-2H3,(H,26,27);5,7,11,14,17-18,21H,3-4,6,8-10,12H2,1-2H3,(H,24,25)/t17-,20-,21-,24+,25-;16-,19-,20-,23+,24-;14-,17-,18-,21+,22-/m111/s1. The summed E-state index contributed by atoms with van der Waals surface area (Å²) in [5.74, 6) is 7.66. The Labute approximate surface area is 493 Å². The van der Waals surface area contributed by atoms with Gasteiger partial charge in [0.15, 0.2) is 0 Å². The van der Waals surface area contributed by atoms with Gasteiger partial charge in [-0.2, -0.15) is 0 Å². The Morgan fingerprint density at radius 2 is 0.747 bits per heavy atom. The summed E-state index contributed by atoms with van der Waals surface area (Å²) in [5.41, 5.74) is 8.09. The van der Waals surface area contributed by atoms with Crippen LogP contribution >= 0.6 is 0 Å². The molecule has 0 heterocycles. The van der Waals surface area contributed by atoms with Gasteiger partial charge in [0.25, 0.3) is 0 Å². The van der Waals surface area contributed by atoms with Crippen molar-refractivity contribution in [2.75, 3.05) is 21.3 Å². The largest absolute Gasteiger partial charge is 0.497 e. The van der Waals surface area contributed by atoms with E-state index in [9.17, 15) is 28.8 Å². The number of carboxylic acid groups (broad SMARTS) is 3. The predicted molar refractivity (Wildman–Crippen MR) is 318 cm³/mol. The number of methoxy groups -OCH3 is 3. The Balaban J connectivity index is 0.000000139. The van der Waals surface area contributed by atoms with Crippen LogP contribution in [0.3, 0.4) is 0 Å². The van der Waals surface area contributed by atoms with E-state index in [1.807, 2.05) is 0 Å². The molecule has 9 aliphatic carbocycles. The van der Waals surface area contributed by atoms with Gasteiger partial charge in [-0.25, -0.2) is 0 Å². The number of ether oxygens (including phenoxy) is 3. The molecule has 3 aromatic carbocycles. The highest BCUT2D eigenvalue weighted by Gasteiger charge is 2.61. The van der Waals surface area contributed by atoms with Crippen LogP contribution in [-0.2, 0) is 48.0 Å². The maximum absolute atomic E-state index is 13.0. The van der Waals surface area contributed by atoms with Gasteiger partial charge in [-0.05, 0) is 250 Å². The molecule has 12 rings (SSSR count). The van der Waals surface area contributed by atoms with Crippen LogP contribution in [0.5, 0.6) is 17.2 Å². The van der Waals surface area contributed by atoms with Crippen molar-refractivity contribution in [1.82, 2.24) is 0 Å². The van der Waals surface area contributed by atoms with Gasteiger partial charge < -0.3 is 29.5 Å². The SMILES string of the molecule is COc1ccc2c(c1)CC[C@H]1[C@@H]3[C@H](CCC(=O)O)CC(=O)[C@@]3(C)CC[C@H]21.COc1ccc2c(c1)CC[C@H]1[C@@H]3[C@H](CCCCC(=O)O)CC(=O)[C@@]3(C)CC[C@H]21.COc1ccc2c(c1)CC[C@H]1[C@@H]3[C@H](CCCCCC(=O)O)CC(=O)[C@@]3(C)CC[C@H]21. The van der Waals surface area contributed by atoms with Crippen molar-refractivity contribution in [2.24, 2.45) is 69.5 Å². The van der Waals surface area contributed by atoms with E-state index in [2.05, 4.69) is 75.4 Å². The fourth-order valence-electron chi connectivity index (χ4n) is 19.9. The first-order chi connectivity index (χ1) is 39.8. The number of ketones is 3. The molecular formula is C71H94O12. The molecule has 0 saturated heterocycles. The summed E-state index contributed by atoms with van der Waals surface area (Å²) in [6.07, 6.45) is 22.6. The third-order valence-corrected chi connectivity index (χ3v) is 23.7. The summed E-state index contributed by atoms with van der Waals surface area (Å²) in [6, 6.07) is 19.5. The number of hydrogen-bond acceptors (Lipinski definition) is 9. The zero-order chi connectivity index (χ0) is 59.0. The highest BCUT2D eigenvalue weighted by atomic mass is 16.5. The Kier molecular flexibility index (Phi) is 18.4. The topological polar surface area (TPSA) is 191 Å². The second-order valence-electron chi connectivity index (χ2n) is 27.8. The van der Waals surface area contributed by atoms with E-state index in [4.69, 9.17) is 29.5 Å². The summed E-state index contributed by atoms with van der Waals surface area (Å²) < 4.78 is 16.2. The first kappa shape index (κ1) is 60.6. The summed E-state index contributed by atoms with van der Waals surface area (Å²) >= 11 is 0. The molecule has 0 amide bonds. The Bertz CT molecular complexity index is 2910. The number of hydrogen-bond donors (Lipinski definition) is 3. The van der Waals surface area contributed by atoms with Gasteiger partial charge >= 0.3 is 17.9 Å². The zero-order valence-corrected chi connectivity index (χ0v) is 50.5. The van der Waals surface area contributed by atoms with Crippen molar-refractivity contribution in [1.29, 1.82) is 0 Å². The van der Waals surface area contributed by atoms with Crippen LogP contribution in [0.4, 0.5) is 0 Å². The highest BCUT2D eigenvalue weighted by molar-refractivity contribution is 5.89. The quantitative estimate of drug-likeness (QED) is 0.109. The minimum atomic E-state index is -0.750. The number of carboxylic acids is 3. The van der Waals surface area contributed by atoms with Crippen LogP contribution in [0.1, 0.15) is 220 Å². The Morgan fingerprint density at radius 1 is 0.434 bits per heavy atom. The van der Waals surface area contributed by atoms with E-state index in [1.54, 1.807) is 21.3 Å². The molecule has 3 N–H and O–H groups in total. The minimum Gasteiger partial charge on any atom is -0.497 e. The molecule has 0 spiro atoms. The maximum atomic E-state index is 13.0. The molecule has 6 saturated carbocycles. The third kappa shape index (κ3) is 11.9. The predicted octanol–water partition coefficient (Wildman–Crippen LogP) is 14.6. The molecule has 3 aromatic rings. The van der Waals surface area contributed by atoms with Gasteiger partial charge in [-0.15, -0.1) is 0 Å². The van der Waals surface area contributed by atoms with E-state index in [0.29, 0.717) is 102 Å². The fraction of sp³-hybridized carbons (Fsp3) is 0.662. The number of unbranched alkanes of at least 4 members (excludes halogenated alkanes) is 3. The molecule has 6 fully saturated rings. The van der Waals surface area contributed by atoms with Crippen molar-refractivity contribution >= 4 is 35.3 Å². The monoisotopic (exact) mass is 1140 g/mol. The molecule has 83 heavy (non-hydrogen) atoms. The summed E-state index contributed by atoms with van der Waals surface area (Å²) in [4.78, 5) is 71.5. The van der Waals surface area contributed by atoms with E-state index >= 15 is 0 Å². The van der Waals surface area contributed by atoms with Gasteiger partial charge in [0.2, 0.25) is 0 Å². The molecule has 0 aromatic heterocycles. The number of benzene rings is 3. The van der Waals surface area contributed by atoms with Crippen molar-refractivity contribution in [3.63, 3.8) is 0 Å². The number of aryl methyl sites for hydroxylation is 3. The lowest BCUT2D eigenvalue weighted by atomic mass is 9.54. The second kappa shape index (κ2) is 25.2. The Morgan fingerprint density at radius 3 is 1.07 bits per heavy atom. The average molecular weight is 1140 g/mol. The van der Waals surface area contributed by atoms with Gasteiger partial charge in [0.05, 0.1) is 21.3 Å². The van der Waals surface area contributed by atoms with Crippen LogP contribution in [0, 0.1) is 69.5 Å². The molecule has 0 aliphatic heterocycles. The molecule has 9 aliphatic rings. The summed E-state index contributed by atoms with van der Waals surface area (Å²) in [7, 11) is 5.15. The second-order valence-corrected chi connectivity index (χ2v) is 27.8. The van der Waals surface area contributed by atoms with Crippen molar-refractivity contribution < 1.29 is 58.3 Å². The van der Waals surface area contributed by atoms with Gasteiger partial charge in [-0.3, -0.25) is 28.8 Å². The summed E-state index contributed by atoms with van der Waals surface area (Å²) in [6.45, 7) is 6.61. The first-order valence-electron chi connectivity index (χ1n) is 32.1. The smallest absolute Gasteiger partial charge is 0.303 e. The number of carbonyl (C=O) groups is 6. The van der Waals surface area contributed by atoms with Gasteiger partial charge in [0.1, 0.15) is 34.6 Å². The van der Waals surface area contributed by atoms with E-state index in [-0.39, 0.29) is 41.4 Å². The minimum absolute atomic E-state index is 0.142. The molecular weight excluding hydrogens is 1040 g/mol. The van der Waals surface area contributed by atoms with Crippen LogP contribution in [0.2, 0.25) is 0 Å². The van der Waals surface area contributed by atoms with Crippen molar-refractivity contribution in [2.45, 2.75) is 205 Å². The lowest BCUT2D eigenvalue weighted by molar-refractivity contribution is -0.138.